The molecule has 3 atom stereocenters. The lowest BCUT2D eigenvalue weighted by Crippen LogP contribution is -2.53. The Balaban J connectivity index is 1.37. The number of ether oxygens (including phenoxy) is 1. The van der Waals surface area contributed by atoms with E-state index in [9.17, 15) is 14.4 Å². The van der Waals surface area contributed by atoms with Crippen LogP contribution in [0.4, 0.5) is 0 Å². The molecule has 9 heteroatoms. The average molecular weight is 468 g/mol. The number of aromatic nitrogens is 1. The fraction of sp³-hybridized carbons (Fsp3) is 0.304. The summed E-state index contributed by atoms with van der Waals surface area (Å²) in [7, 11) is 0. The molecule has 2 amide bonds. The van der Waals surface area contributed by atoms with Gasteiger partial charge in [0.15, 0.2) is 5.78 Å². The van der Waals surface area contributed by atoms with Crippen LogP contribution in [0, 0.1) is 0 Å². The van der Waals surface area contributed by atoms with Crippen molar-refractivity contribution in [2.45, 2.75) is 31.0 Å². The predicted molar refractivity (Wildman–Crippen MR) is 122 cm³/mol. The molecule has 0 radical (unpaired) electrons. The largest absolute Gasteiger partial charge is 0.368 e. The van der Waals surface area contributed by atoms with Crippen LogP contribution in [0.15, 0.2) is 53.2 Å². The van der Waals surface area contributed by atoms with Crippen LogP contribution in [0.3, 0.4) is 0 Å². The van der Waals surface area contributed by atoms with Crippen molar-refractivity contribution in [3.63, 3.8) is 0 Å². The van der Waals surface area contributed by atoms with E-state index in [2.05, 4.69) is 10.3 Å². The summed E-state index contributed by atoms with van der Waals surface area (Å²) in [4.78, 5) is 45.8. The minimum Gasteiger partial charge on any atom is -0.368 e. The molecule has 0 aliphatic carbocycles. The van der Waals surface area contributed by atoms with Crippen LogP contribution in [0.5, 0.6) is 0 Å². The summed E-state index contributed by atoms with van der Waals surface area (Å²) in [5.74, 6) is -0.740. The SMILES string of the molecule is O=C(NC(Cc1ccccc1)C(=O)N1CCC2OCC(=O)C21)c1csc(-c2cccs2)n1. The minimum absolute atomic E-state index is 0.0408. The van der Waals surface area contributed by atoms with Gasteiger partial charge in [-0.15, -0.1) is 22.7 Å². The Morgan fingerprint density at radius 1 is 1.19 bits per heavy atom. The van der Waals surface area contributed by atoms with Crippen molar-refractivity contribution >= 4 is 40.3 Å². The van der Waals surface area contributed by atoms with Crippen molar-refractivity contribution in [2.75, 3.05) is 13.2 Å². The van der Waals surface area contributed by atoms with E-state index in [4.69, 9.17) is 4.74 Å². The third kappa shape index (κ3) is 4.11. The first-order valence-corrected chi connectivity index (χ1v) is 12.1. The number of benzene rings is 1. The van der Waals surface area contributed by atoms with Gasteiger partial charge in [-0.05, 0) is 23.4 Å². The lowest BCUT2D eigenvalue weighted by Gasteiger charge is -2.27. The number of nitrogens with one attached hydrogen (secondary N) is 1. The van der Waals surface area contributed by atoms with Crippen LogP contribution < -0.4 is 5.32 Å². The highest BCUT2D eigenvalue weighted by molar-refractivity contribution is 7.20. The highest BCUT2D eigenvalue weighted by Gasteiger charge is 2.48. The maximum atomic E-state index is 13.5. The number of hydrogen-bond donors (Lipinski definition) is 1. The second-order valence-electron chi connectivity index (χ2n) is 7.81. The number of thiophene rings is 1. The van der Waals surface area contributed by atoms with E-state index in [0.717, 1.165) is 15.4 Å². The number of amides is 2. The van der Waals surface area contributed by atoms with Crippen LogP contribution in [-0.2, 0) is 20.7 Å². The first-order valence-electron chi connectivity index (χ1n) is 10.4. The van der Waals surface area contributed by atoms with Crippen LogP contribution in [0.25, 0.3) is 9.88 Å². The van der Waals surface area contributed by atoms with Gasteiger partial charge in [0.05, 0.1) is 11.0 Å². The number of carbonyl (C=O) groups excluding carboxylic acids is 3. The van der Waals surface area contributed by atoms with Gasteiger partial charge in [-0.1, -0.05) is 36.4 Å². The van der Waals surface area contributed by atoms with Gasteiger partial charge < -0.3 is 15.0 Å². The summed E-state index contributed by atoms with van der Waals surface area (Å²) >= 11 is 2.95. The Morgan fingerprint density at radius 3 is 2.81 bits per heavy atom. The lowest BCUT2D eigenvalue weighted by molar-refractivity contribution is -0.138. The zero-order valence-corrected chi connectivity index (χ0v) is 18.7. The van der Waals surface area contributed by atoms with Gasteiger partial charge in [0.2, 0.25) is 5.91 Å². The summed E-state index contributed by atoms with van der Waals surface area (Å²) in [6.45, 7) is 0.486. The second kappa shape index (κ2) is 8.93. The average Bonchev–Trinajstić information content (AvgIpc) is 3.59. The highest BCUT2D eigenvalue weighted by atomic mass is 32.1. The topological polar surface area (TPSA) is 88.6 Å². The molecule has 0 bridgehead atoms. The Hall–Kier alpha value is -2.88. The van der Waals surface area contributed by atoms with Crippen molar-refractivity contribution < 1.29 is 19.1 Å². The van der Waals surface area contributed by atoms with Crippen LogP contribution in [0.2, 0.25) is 0 Å². The number of thiazole rings is 1. The molecule has 4 heterocycles. The van der Waals surface area contributed by atoms with Crippen LogP contribution >= 0.6 is 22.7 Å². The fourth-order valence-electron chi connectivity index (χ4n) is 4.22. The van der Waals surface area contributed by atoms with E-state index < -0.39 is 18.0 Å². The first-order chi connectivity index (χ1) is 15.6. The van der Waals surface area contributed by atoms with Gasteiger partial charge in [0, 0.05) is 18.3 Å². The molecular weight excluding hydrogens is 446 g/mol. The Kier molecular flexibility index (Phi) is 5.86. The van der Waals surface area contributed by atoms with Gasteiger partial charge >= 0.3 is 0 Å². The third-order valence-corrected chi connectivity index (χ3v) is 7.63. The number of rotatable bonds is 6. The monoisotopic (exact) mass is 467 g/mol. The van der Waals surface area contributed by atoms with Gasteiger partial charge in [-0.25, -0.2) is 4.98 Å². The first kappa shape index (κ1) is 21.0. The molecule has 1 aromatic carbocycles. The third-order valence-electron chi connectivity index (χ3n) is 5.75. The predicted octanol–water partition coefficient (Wildman–Crippen LogP) is 2.78. The summed E-state index contributed by atoms with van der Waals surface area (Å²) in [6.07, 6.45) is 0.715. The Labute approximate surface area is 193 Å². The molecular formula is C23H21N3O4S2. The molecule has 32 heavy (non-hydrogen) atoms. The molecule has 2 saturated heterocycles. The molecule has 3 aromatic rings. The van der Waals surface area contributed by atoms with Gasteiger partial charge in [0.25, 0.3) is 5.91 Å². The number of nitrogens with zero attached hydrogens (tertiary/aromatic N) is 2. The molecule has 3 unspecified atom stereocenters. The number of likely N-dealkylation sites (tertiary alicyclic amines) is 1. The normalized spacial score (nSPS) is 20.9. The molecule has 0 spiro atoms. The molecule has 0 saturated carbocycles. The van der Waals surface area contributed by atoms with Gasteiger partial charge in [-0.2, -0.15) is 0 Å². The fourth-order valence-corrected chi connectivity index (χ4v) is 5.83. The van der Waals surface area contributed by atoms with E-state index in [-0.39, 0.29) is 30.1 Å². The maximum Gasteiger partial charge on any atom is 0.271 e. The number of carbonyl (C=O) groups is 3. The van der Waals surface area contributed by atoms with Crippen molar-refractivity contribution in [3.05, 3.63) is 64.5 Å². The minimum atomic E-state index is -0.802. The van der Waals surface area contributed by atoms with E-state index in [0.29, 0.717) is 19.4 Å². The second-order valence-corrected chi connectivity index (χ2v) is 9.62. The zero-order valence-electron chi connectivity index (χ0n) is 17.1. The summed E-state index contributed by atoms with van der Waals surface area (Å²) in [6, 6.07) is 12.1. The van der Waals surface area contributed by atoms with E-state index in [1.165, 1.54) is 11.3 Å². The molecule has 5 rings (SSSR count). The number of hydrogen-bond acceptors (Lipinski definition) is 7. The Morgan fingerprint density at radius 2 is 2.03 bits per heavy atom. The Bertz CT molecular complexity index is 1130. The maximum absolute atomic E-state index is 13.5. The summed E-state index contributed by atoms with van der Waals surface area (Å²) in [5.41, 5.74) is 1.21. The molecule has 164 valence electrons. The van der Waals surface area contributed by atoms with Crippen molar-refractivity contribution in [2.24, 2.45) is 0 Å². The summed E-state index contributed by atoms with van der Waals surface area (Å²) < 4.78 is 5.52. The van der Waals surface area contributed by atoms with Crippen molar-refractivity contribution in [1.82, 2.24) is 15.2 Å². The van der Waals surface area contributed by atoms with Crippen molar-refractivity contribution in [1.29, 1.82) is 0 Å². The molecule has 2 aliphatic rings. The van der Waals surface area contributed by atoms with Crippen LogP contribution in [0.1, 0.15) is 22.5 Å². The molecule has 7 nitrogen and oxygen atoms in total. The molecule has 2 fully saturated rings. The molecule has 1 N–H and O–H groups in total. The van der Waals surface area contributed by atoms with Gasteiger partial charge in [-0.3, -0.25) is 14.4 Å². The van der Waals surface area contributed by atoms with Crippen LogP contribution in [-0.4, -0.2) is 58.8 Å². The summed E-state index contributed by atoms with van der Waals surface area (Å²) in [5, 5.41) is 7.31. The van der Waals surface area contributed by atoms with E-state index in [1.807, 2.05) is 47.8 Å². The number of Topliss-reactive ketones (excluding diaryl/α,β-unsaturated/α-hetero) is 1. The van der Waals surface area contributed by atoms with Crippen molar-refractivity contribution in [3.8, 4) is 9.88 Å². The van der Waals surface area contributed by atoms with Gasteiger partial charge in [0.1, 0.15) is 29.4 Å². The quantitative estimate of drug-likeness (QED) is 0.602. The van der Waals surface area contributed by atoms with E-state index >= 15 is 0 Å². The highest BCUT2D eigenvalue weighted by Crippen LogP contribution is 2.29. The lowest BCUT2D eigenvalue weighted by atomic mass is 10.0. The number of ketones is 1. The number of fused-ring (bicyclic) bond motifs is 1. The molecule has 2 aliphatic heterocycles. The molecule has 2 aromatic heterocycles. The van der Waals surface area contributed by atoms with E-state index in [1.54, 1.807) is 21.6 Å². The smallest absolute Gasteiger partial charge is 0.271 e. The standard InChI is InChI=1S/C23H21N3O4S2/c27-17-12-30-18-8-9-26(20(17)18)23(29)15(11-14-5-2-1-3-6-14)24-21(28)16-13-32-22(25-16)19-7-4-10-31-19/h1-7,10,13,15,18,20H,8-9,11-12H2,(H,24,28). The zero-order chi connectivity index (χ0) is 22.1.